The predicted molar refractivity (Wildman–Crippen MR) is 69.5 cm³/mol. The fourth-order valence-corrected chi connectivity index (χ4v) is 3.28. The summed E-state index contributed by atoms with van der Waals surface area (Å²) in [4.78, 5) is 4.03. The van der Waals surface area contributed by atoms with Crippen LogP contribution in [0, 0.1) is 11.7 Å². The zero-order valence-electron chi connectivity index (χ0n) is 11.6. The molecule has 0 amide bonds. The van der Waals surface area contributed by atoms with Gasteiger partial charge in [0.2, 0.25) is 6.10 Å². The van der Waals surface area contributed by atoms with E-state index in [2.05, 4.69) is 4.99 Å². The van der Waals surface area contributed by atoms with Crippen LogP contribution in [0.25, 0.3) is 0 Å². The van der Waals surface area contributed by atoms with Crippen molar-refractivity contribution in [3.63, 3.8) is 0 Å². The van der Waals surface area contributed by atoms with Crippen LogP contribution in [0.4, 0.5) is 17.6 Å². The molecule has 4 atom stereocenters. The molecule has 22 heavy (non-hydrogen) atoms. The molecule has 4 nitrogen and oxygen atoms in total. The molecule has 1 fully saturated rings. The molecule has 0 aliphatic carbocycles. The van der Waals surface area contributed by atoms with E-state index in [0.29, 0.717) is 0 Å². The number of ether oxygens (including phenoxy) is 2. The number of hydrogen-bond donors (Lipinski definition) is 1. The minimum Gasteiger partial charge on any atom is -0.452 e. The molecule has 8 heteroatoms. The molecule has 0 aromatic heterocycles. The molecule has 0 bridgehead atoms. The molecule has 2 aliphatic rings. The Morgan fingerprint density at radius 2 is 2.00 bits per heavy atom. The van der Waals surface area contributed by atoms with E-state index in [4.69, 9.17) is 15.2 Å². The first kappa shape index (κ1) is 15.1. The van der Waals surface area contributed by atoms with Gasteiger partial charge in [0.25, 0.3) is 6.02 Å². The second-order valence-electron chi connectivity index (χ2n) is 5.48. The summed E-state index contributed by atoms with van der Waals surface area (Å²) in [5, 5.41) is 0. The van der Waals surface area contributed by atoms with Gasteiger partial charge in [-0.2, -0.15) is 13.2 Å². The molecule has 2 N–H and O–H groups in total. The minimum absolute atomic E-state index is 0.0323. The molecule has 3 rings (SSSR count). The number of halogens is 4. The van der Waals surface area contributed by atoms with Gasteiger partial charge >= 0.3 is 6.18 Å². The van der Waals surface area contributed by atoms with Crippen LogP contribution in [-0.4, -0.2) is 31.0 Å². The van der Waals surface area contributed by atoms with Crippen molar-refractivity contribution >= 4 is 6.02 Å². The molecule has 1 saturated heterocycles. The highest BCUT2D eigenvalue weighted by molar-refractivity contribution is 5.73. The van der Waals surface area contributed by atoms with Gasteiger partial charge in [0.15, 0.2) is 0 Å². The Bertz CT molecular complexity index is 619. The van der Waals surface area contributed by atoms with Crippen molar-refractivity contribution in [2.24, 2.45) is 16.6 Å². The Kier molecular flexibility index (Phi) is 3.32. The smallest absolute Gasteiger partial charge is 0.426 e. The second kappa shape index (κ2) is 4.84. The zero-order valence-corrected chi connectivity index (χ0v) is 11.6. The third-order valence-corrected chi connectivity index (χ3v) is 4.17. The van der Waals surface area contributed by atoms with E-state index in [1.807, 2.05) is 0 Å². The summed E-state index contributed by atoms with van der Waals surface area (Å²) in [5.74, 6) is -1.86. The van der Waals surface area contributed by atoms with Crippen molar-refractivity contribution in [2.45, 2.75) is 30.8 Å². The summed E-state index contributed by atoms with van der Waals surface area (Å²) in [7, 11) is 0. The largest absolute Gasteiger partial charge is 0.452 e. The molecule has 0 spiro atoms. The fourth-order valence-electron chi connectivity index (χ4n) is 3.28. The zero-order chi connectivity index (χ0) is 16.1. The lowest BCUT2D eigenvalue weighted by Gasteiger charge is -2.41. The van der Waals surface area contributed by atoms with E-state index in [1.165, 1.54) is 31.2 Å². The molecule has 1 aromatic carbocycles. The molecule has 0 saturated carbocycles. The number of nitrogens with two attached hydrogens (primary N) is 1. The third-order valence-electron chi connectivity index (χ3n) is 4.17. The summed E-state index contributed by atoms with van der Waals surface area (Å²) in [6.07, 6.45) is -7.66. The minimum atomic E-state index is -4.66. The fraction of sp³-hybridized carbons (Fsp3) is 0.500. The summed E-state index contributed by atoms with van der Waals surface area (Å²) in [6.45, 7) is 1.31. The van der Waals surface area contributed by atoms with Gasteiger partial charge in [-0.05, 0) is 13.0 Å². The number of rotatable bonds is 1. The molecule has 1 aromatic rings. The monoisotopic (exact) mass is 318 g/mol. The standard InChI is InChI=1S/C14H14F4N2O2/c1-7-10-11(14(16,17)18)22-12(19)20-13(10,6-21-7)8-4-2-3-5-9(8)15/h2-5,7,10-11H,6H2,1H3,(H2,19,20)/t7-,10?,11+,13-/m1/s1. The summed E-state index contributed by atoms with van der Waals surface area (Å²) >= 11 is 0. The molecule has 2 heterocycles. The quantitative estimate of drug-likeness (QED) is 0.809. The van der Waals surface area contributed by atoms with Crippen LogP contribution >= 0.6 is 0 Å². The summed E-state index contributed by atoms with van der Waals surface area (Å²) in [6, 6.07) is 4.96. The van der Waals surface area contributed by atoms with Crippen molar-refractivity contribution in [2.75, 3.05) is 6.61 Å². The van der Waals surface area contributed by atoms with Gasteiger partial charge < -0.3 is 15.2 Å². The molecule has 0 radical (unpaired) electrons. The van der Waals surface area contributed by atoms with Crippen LogP contribution in [0.1, 0.15) is 12.5 Å². The lowest BCUT2D eigenvalue weighted by Crippen LogP contribution is -2.55. The van der Waals surface area contributed by atoms with Crippen LogP contribution in [0.15, 0.2) is 29.3 Å². The Hall–Kier alpha value is -1.83. The Balaban J connectivity index is 2.19. The normalized spacial score (nSPS) is 34.8. The highest BCUT2D eigenvalue weighted by Gasteiger charge is 2.64. The SMILES string of the molecule is C[C@H]1OC[C@]2(c3ccccc3F)N=C(N)O[C@H](C(F)(F)F)C12. The van der Waals surface area contributed by atoms with Crippen LogP contribution in [0.3, 0.4) is 0 Å². The number of nitrogens with zero attached hydrogens (tertiary/aromatic N) is 1. The van der Waals surface area contributed by atoms with Crippen molar-refractivity contribution in [3.8, 4) is 0 Å². The summed E-state index contributed by atoms with van der Waals surface area (Å²) < 4.78 is 64.3. The Morgan fingerprint density at radius 3 is 2.64 bits per heavy atom. The maximum absolute atomic E-state index is 14.2. The predicted octanol–water partition coefficient (Wildman–Crippen LogP) is 2.33. The van der Waals surface area contributed by atoms with Gasteiger partial charge in [-0.25, -0.2) is 9.38 Å². The van der Waals surface area contributed by atoms with Crippen molar-refractivity contribution in [3.05, 3.63) is 35.6 Å². The average molecular weight is 318 g/mol. The molecule has 2 aliphatic heterocycles. The van der Waals surface area contributed by atoms with E-state index in [9.17, 15) is 17.6 Å². The number of benzene rings is 1. The van der Waals surface area contributed by atoms with Gasteiger partial charge in [0.1, 0.15) is 11.4 Å². The van der Waals surface area contributed by atoms with Crippen LogP contribution in [0.5, 0.6) is 0 Å². The van der Waals surface area contributed by atoms with Crippen LogP contribution < -0.4 is 5.73 Å². The first-order valence-electron chi connectivity index (χ1n) is 6.71. The molecule has 120 valence electrons. The highest BCUT2D eigenvalue weighted by atomic mass is 19.4. The molecular weight excluding hydrogens is 304 g/mol. The van der Waals surface area contributed by atoms with E-state index in [-0.39, 0.29) is 12.2 Å². The Morgan fingerprint density at radius 1 is 1.32 bits per heavy atom. The number of hydrogen-bond acceptors (Lipinski definition) is 4. The number of alkyl halides is 3. The maximum atomic E-state index is 14.2. The molecule has 1 unspecified atom stereocenters. The van der Waals surface area contributed by atoms with Crippen LogP contribution in [-0.2, 0) is 15.0 Å². The number of fused-ring (bicyclic) bond motifs is 1. The number of aliphatic imine (C=N–C) groups is 1. The van der Waals surface area contributed by atoms with Gasteiger partial charge in [0.05, 0.1) is 18.6 Å². The first-order valence-corrected chi connectivity index (χ1v) is 6.71. The van der Waals surface area contributed by atoms with E-state index in [0.717, 1.165) is 0 Å². The Labute approximate surface area is 123 Å². The van der Waals surface area contributed by atoms with Crippen LogP contribution in [0.2, 0.25) is 0 Å². The van der Waals surface area contributed by atoms with Gasteiger partial charge in [0, 0.05) is 5.56 Å². The van der Waals surface area contributed by atoms with Gasteiger partial charge in [-0.3, -0.25) is 0 Å². The van der Waals surface area contributed by atoms with E-state index < -0.39 is 41.7 Å². The van der Waals surface area contributed by atoms with E-state index in [1.54, 1.807) is 0 Å². The maximum Gasteiger partial charge on any atom is 0.426 e. The molecular formula is C14H14F4N2O2. The second-order valence-corrected chi connectivity index (χ2v) is 5.48. The average Bonchev–Trinajstić information content (AvgIpc) is 2.75. The lowest BCUT2D eigenvalue weighted by atomic mass is 9.74. The third kappa shape index (κ3) is 2.13. The van der Waals surface area contributed by atoms with Crippen molar-refractivity contribution < 1.29 is 27.0 Å². The van der Waals surface area contributed by atoms with Crippen molar-refractivity contribution in [1.82, 2.24) is 0 Å². The van der Waals surface area contributed by atoms with Gasteiger partial charge in [-0.1, -0.05) is 18.2 Å². The number of amidine groups is 1. The topological polar surface area (TPSA) is 56.8 Å². The van der Waals surface area contributed by atoms with Crippen molar-refractivity contribution in [1.29, 1.82) is 0 Å². The van der Waals surface area contributed by atoms with E-state index >= 15 is 0 Å². The first-order chi connectivity index (χ1) is 10.3. The lowest BCUT2D eigenvalue weighted by molar-refractivity contribution is -0.226. The highest BCUT2D eigenvalue weighted by Crippen LogP contribution is 2.51. The summed E-state index contributed by atoms with van der Waals surface area (Å²) in [5.41, 5.74) is 3.94. The van der Waals surface area contributed by atoms with Gasteiger partial charge in [-0.15, -0.1) is 0 Å².